The molecule has 2 fully saturated rings. The standard InChI is InChI=1S/C28H50N6O7S/c1-27(2,3)20(16-33(7)42(8,40)41)31-26(39)32-22(28(4,5)6)25(38)34-14-10-13-19(34)24(37)30-18(21(35)23(29)36)15-17-11-9-12-17/h17-20,22H,9-16H2,1-8H3,(H2,29,36)(H,30,37)(H2,31,32,39)/t18?,19-,20+,22+/m0/s1. The highest BCUT2D eigenvalue weighted by atomic mass is 32.2. The maximum absolute atomic E-state index is 13.9. The number of nitrogens with zero attached hydrogens (tertiary/aromatic N) is 2. The zero-order chi connectivity index (χ0) is 32.2. The minimum atomic E-state index is -3.49. The molecule has 5 N–H and O–H groups in total. The number of nitrogens with two attached hydrogens (primary N) is 1. The topological polar surface area (TPSA) is 188 Å². The van der Waals surface area contributed by atoms with E-state index in [2.05, 4.69) is 16.0 Å². The molecule has 13 nitrogen and oxygen atoms in total. The number of carbonyl (C=O) groups is 5. The maximum Gasteiger partial charge on any atom is 0.315 e. The van der Waals surface area contributed by atoms with Crippen LogP contribution in [0, 0.1) is 16.7 Å². The van der Waals surface area contributed by atoms with E-state index in [4.69, 9.17) is 5.73 Å². The molecule has 0 aromatic heterocycles. The largest absolute Gasteiger partial charge is 0.363 e. The fourth-order valence-corrected chi connectivity index (χ4v) is 5.53. The number of hydrogen-bond donors (Lipinski definition) is 4. The molecule has 240 valence electrons. The van der Waals surface area contributed by atoms with E-state index in [1.54, 1.807) is 20.8 Å². The van der Waals surface area contributed by atoms with E-state index in [-0.39, 0.29) is 19.0 Å². The van der Waals surface area contributed by atoms with Crippen LogP contribution < -0.4 is 21.7 Å². The van der Waals surface area contributed by atoms with Gasteiger partial charge in [-0.1, -0.05) is 60.8 Å². The van der Waals surface area contributed by atoms with E-state index in [1.807, 2.05) is 20.8 Å². The highest BCUT2D eigenvalue weighted by Gasteiger charge is 2.43. The molecule has 2 rings (SSSR count). The lowest BCUT2D eigenvalue weighted by Gasteiger charge is -2.37. The SMILES string of the molecule is CN(C[C@@H](NC(=O)N[C@H](C(=O)N1CCC[C@H]1C(=O)NC(CC1CCC1)C(=O)C(N)=O)C(C)(C)C)C(C)(C)C)S(C)(=O)=O. The Labute approximate surface area is 250 Å². The first-order valence-electron chi connectivity index (χ1n) is 14.6. The van der Waals surface area contributed by atoms with E-state index in [9.17, 15) is 32.4 Å². The smallest absolute Gasteiger partial charge is 0.315 e. The average molecular weight is 615 g/mol. The van der Waals surface area contributed by atoms with Crippen molar-refractivity contribution < 1.29 is 32.4 Å². The number of Topliss-reactive ketones (excluding diaryl/α,β-unsaturated/α-hetero) is 1. The van der Waals surface area contributed by atoms with Gasteiger partial charge in [0.25, 0.3) is 5.91 Å². The molecule has 1 unspecified atom stereocenters. The van der Waals surface area contributed by atoms with Crippen LogP contribution in [0.2, 0.25) is 0 Å². The molecular formula is C28H50N6O7S. The minimum Gasteiger partial charge on any atom is -0.363 e. The number of primary amides is 1. The zero-order valence-corrected chi connectivity index (χ0v) is 27.1. The number of rotatable bonds is 12. The fourth-order valence-electron chi connectivity index (χ4n) is 5.11. The molecule has 1 aliphatic carbocycles. The van der Waals surface area contributed by atoms with Crippen molar-refractivity contribution in [1.82, 2.24) is 25.2 Å². The van der Waals surface area contributed by atoms with Gasteiger partial charge >= 0.3 is 6.03 Å². The van der Waals surface area contributed by atoms with Gasteiger partial charge in [-0.15, -0.1) is 0 Å². The van der Waals surface area contributed by atoms with Gasteiger partial charge in [0.15, 0.2) is 0 Å². The Bertz CT molecular complexity index is 1140. The van der Waals surface area contributed by atoms with Gasteiger partial charge in [-0.2, -0.15) is 0 Å². The van der Waals surface area contributed by atoms with Crippen LogP contribution in [0.3, 0.4) is 0 Å². The Balaban J connectivity index is 2.20. The van der Waals surface area contributed by atoms with Gasteiger partial charge in [0.05, 0.1) is 12.3 Å². The third kappa shape index (κ3) is 9.65. The summed E-state index contributed by atoms with van der Waals surface area (Å²) in [4.78, 5) is 66.0. The lowest BCUT2D eigenvalue weighted by molar-refractivity contribution is -0.143. The van der Waals surface area contributed by atoms with Crippen LogP contribution in [-0.2, 0) is 29.2 Å². The monoisotopic (exact) mass is 614 g/mol. The maximum atomic E-state index is 13.9. The summed E-state index contributed by atoms with van der Waals surface area (Å²) >= 11 is 0. The second kappa shape index (κ2) is 13.7. The number of carbonyl (C=O) groups excluding carboxylic acids is 5. The molecule has 2 aliphatic rings. The first-order chi connectivity index (χ1) is 19.1. The van der Waals surface area contributed by atoms with Gasteiger partial charge < -0.3 is 26.6 Å². The van der Waals surface area contributed by atoms with E-state index in [0.717, 1.165) is 29.8 Å². The Morgan fingerprint density at radius 1 is 0.929 bits per heavy atom. The van der Waals surface area contributed by atoms with Crippen molar-refractivity contribution in [3.05, 3.63) is 0 Å². The first-order valence-corrected chi connectivity index (χ1v) is 16.4. The van der Waals surface area contributed by atoms with Crippen molar-refractivity contribution in [2.45, 2.75) is 104 Å². The van der Waals surface area contributed by atoms with Crippen LogP contribution in [0.15, 0.2) is 0 Å². The molecule has 1 saturated heterocycles. The van der Waals surface area contributed by atoms with E-state index in [1.165, 1.54) is 11.9 Å². The molecule has 0 aromatic carbocycles. The summed E-state index contributed by atoms with van der Waals surface area (Å²) in [6, 6.07) is -4.15. The Morgan fingerprint density at radius 2 is 1.52 bits per heavy atom. The van der Waals surface area contributed by atoms with Crippen molar-refractivity contribution in [3.8, 4) is 0 Å². The van der Waals surface area contributed by atoms with Crippen LogP contribution in [0.1, 0.15) is 80.1 Å². The van der Waals surface area contributed by atoms with Crippen LogP contribution in [-0.4, -0.2) is 97.7 Å². The van der Waals surface area contributed by atoms with Crippen LogP contribution >= 0.6 is 0 Å². The number of urea groups is 1. The zero-order valence-electron chi connectivity index (χ0n) is 26.3. The van der Waals surface area contributed by atoms with Crippen molar-refractivity contribution in [1.29, 1.82) is 0 Å². The second-order valence-corrected chi connectivity index (χ2v) is 16.0. The van der Waals surface area contributed by atoms with E-state index in [0.29, 0.717) is 19.3 Å². The molecule has 0 aromatic rings. The summed E-state index contributed by atoms with van der Waals surface area (Å²) < 4.78 is 25.1. The average Bonchev–Trinajstić information content (AvgIpc) is 3.30. The summed E-state index contributed by atoms with van der Waals surface area (Å²) in [6.07, 6.45) is 5.18. The number of likely N-dealkylation sites (tertiary alicyclic amines) is 1. The fraction of sp³-hybridized carbons (Fsp3) is 0.821. The van der Waals surface area contributed by atoms with Crippen LogP contribution in [0.25, 0.3) is 0 Å². The first kappa shape index (κ1) is 35.5. The Kier molecular flexibility index (Phi) is 11.6. The molecular weight excluding hydrogens is 564 g/mol. The molecule has 5 amide bonds. The predicted molar refractivity (Wildman–Crippen MR) is 158 cm³/mol. The number of amides is 5. The molecule has 4 atom stereocenters. The summed E-state index contributed by atoms with van der Waals surface area (Å²) in [5, 5.41) is 8.28. The summed E-state index contributed by atoms with van der Waals surface area (Å²) in [5.74, 6) is -2.73. The highest BCUT2D eigenvalue weighted by Crippen LogP contribution is 2.31. The van der Waals surface area contributed by atoms with E-state index >= 15 is 0 Å². The lowest BCUT2D eigenvalue weighted by atomic mass is 9.80. The molecule has 0 bridgehead atoms. The van der Waals surface area contributed by atoms with Gasteiger partial charge in [-0.05, 0) is 36.0 Å². The number of ketones is 1. The van der Waals surface area contributed by atoms with Gasteiger partial charge in [0.1, 0.15) is 12.1 Å². The summed E-state index contributed by atoms with van der Waals surface area (Å²) in [6.45, 7) is 11.3. The molecule has 1 aliphatic heterocycles. The summed E-state index contributed by atoms with van der Waals surface area (Å²) in [7, 11) is -2.06. The highest BCUT2D eigenvalue weighted by molar-refractivity contribution is 7.88. The van der Waals surface area contributed by atoms with Gasteiger partial charge in [-0.3, -0.25) is 19.2 Å². The van der Waals surface area contributed by atoms with Crippen LogP contribution in [0.4, 0.5) is 4.79 Å². The number of hydrogen-bond acceptors (Lipinski definition) is 7. The molecule has 1 heterocycles. The molecule has 0 radical (unpaired) electrons. The molecule has 0 spiro atoms. The predicted octanol–water partition coefficient (Wildman–Crippen LogP) is 0.727. The Hall–Kier alpha value is -2.74. The number of nitrogens with one attached hydrogen (secondary N) is 3. The quantitative estimate of drug-likeness (QED) is 0.233. The Morgan fingerprint density at radius 3 is 1.98 bits per heavy atom. The van der Waals surface area contributed by atoms with Crippen molar-refractivity contribution in [2.24, 2.45) is 22.5 Å². The van der Waals surface area contributed by atoms with Crippen molar-refractivity contribution in [2.75, 3.05) is 26.4 Å². The third-order valence-electron chi connectivity index (χ3n) is 8.25. The van der Waals surface area contributed by atoms with Gasteiger partial charge in [0, 0.05) is 26.2 Å². The molecule has 14 heteroatoms. The molecule has 42 heavy (non-hydrogen) atoms. The summed E-state index contributed by atoms with van der Waals surface area (Å²) in [5.41, 5.74) is 3.99. The van der Waals surface area contributed by atoms with Crippen molar-refractivity contribution >= 4 is 39.6 Å². The van der Waals surface area contributed by atoms with E-state index < -0.39 is 74.6 Å². The molecule has 1 saturated carbocycles. The minimum absolute atomic E-state index is 0.0320. The normalized spacial score (nSPS) is 20.3. The van der Waals surface area contributed by atoms with Gasteiger partial charge in [0.2, 0.25) is 27.6 Å². The second-order valence-electron chi connectivity index (χ2n) is 13.9. The van der Waals surface area contributed by atoms with Crippen LogP contribution in [0.5, 0.6) is 0 Å². The van der Waals surface area contributed by atoms with Gasteiger partial charge in [-0.25, -0.2) is 17.5 Å². The van der Waals surface area contributed by atoms with Crippen molar-refractivity contribution in [3.63, 3.8) is 0 Å². The number of likely N-dealkylation sites (N-methyl/N-ethyl adjacent to an activating group) is 1. The number of sulfonamides is 1. The lowest BCUT2D eigenvalue weighted by Crippen LogP contribution is -2.61. The third-order valence-corrected chi connectivity index (χ3v) is 9.53.